The Bertz CT molecular complexity index is 972. The minimum Gasteiger partial charge on any atom is -0.493 e. The Hall–Kier alpha value is -2.94. The third-order valence-corrected chi connectivity index (χ3v) is 5.18. The Kier molecular flexibility index (Phi) is 6.91. The molecule has 0 amide bonds. The third kappa shape index (κ3) is 5.35. The normalized spacial score (nSPS) is 14.3. The molecule has 0 atom stereocenters. The lowest BCUT2D eigenvalue weighted by molar-refractivity contribution is -0.0532. The highest BCUT2D eigenvalue weighted by atomic mass is 32.1. The van der Waals surface area contributed by atoms with E-state index in [-0.39, 0.29) is 6.29 Å². The number of methoxy groups -OCH3 is 1. The number of thiazole rings is 1. The van der Waals surface area contributed by atoms with E-state index >= 15 is 0 Å². The van der Waals surface area contributed by atoms with E-state index in [2.05, 4.69) is 15.5 Å². The zero-order valence-electron chi connectivity index (χ0n) is 16.6. The summed E-state index contributed by atoms with van der Waals surface area (Å²) < 4.78 is 22.1. The van der Waals surface area contributed by atoms with Crippen LogP contribution in [0, 0.1) is 0 Å². The summed E-state index contributed by atoms with van der Waals surface area (Å²) in [5.74, 6) is 1.32. The number of ether oxygens (including phenoxy) is 4. The Balaban J connectivity index is 1.35. The van der Waals surface area contributed by atoms with Gasteiger partial charge in [0.2, 0.25) is 5.13 Å². The molecule has 1 aliphatic rings. The highest BCUT2D eigenvalue weighted by molar-refractivity contribution is 7.14. The Labute approximate surface area is 179 Å². The SMILES string of the molecule is COc1ccc(C=NNc2nc(-c3ccccc3)cs2)cc1OCCC1OCCO1. The van der Waals surface area contributed by atoms with Gasteiger partial charge in [-0.05, 0) is 23.8 Å². The number of nitrogens with zero attached hydrogens (tertiary/aromatic N) is 2. The number of hydrogen-bond acceptors (Lipinski definition) is 8. The Morgan fingerprint density at radius 3 is 2.80 bits per heavy atom. The predicted molar refractivity (Wildman–Crippen MR) is 118 cm³/mol. The van der Waals surface area contributed by atoms with Gasteiger partial charge in [0.1, 0.15) is 0 Å². The first-order chi connectivity index (χ1) is 14.8. The number of rotatable bonds is 9. The second-order valence-corrected chi connectivity index (χ2v) is 7.35. The van der Waals surface area contributed by atoms with Crippen molar-refractivity contribution in [1.29, 1.82) is 0 Å². The van der Waals surface area contributed by atoms with Crippen LogP contribution in [0.1, 0.15) is 12.0 Å². The third-order valence-electron chi connectivity index (χ3n) is 4.44. The maximum absolute atomic E-state index is 5.87. The van der Waals surface area contributed by atoms with Crippen molar-refractivity contribution in [3.05, 3.63) is 59.5 Å². The summed E-state index contributed by atoms with van der Waals surface area (Å²) in [5.41, 5.74) is 5.87. The first-order valence-corrected chi connectivity index (χ1v) is 10.5. The lowest BCUT2D eigenvalue weighted by Gasteiger charge is -2.13. The lowest BCUT2D eigenvalue weighted by Crippen LogP contribution is -2.13. The summed E-state index contributed by atoms with van der Waals surface area (Å²) in [7, 11) is 1.62. The molecule has 1 N–H and O–H groups in total. The molecule has 7 nitrogen and oxygen atoms in total. The topological polar surface area (TPSA) is 74.2 Å². The van der Waals surface area contributed by atoms with E-state index < -0.39 is 0 Å². The number of hydrazone groups is 1. The van der Waals surface area contributed by atoms with E-state index in [1.165, 1.54) is 11.3 Å². The number of hydrogen-bond donors (Lipinski definition) is 1. The van der Waals surface area contributed by atoms with Gasteiger partial charge in [-0.1, -0.05) is 30.3 Å². The molecule has 0 aliphatic carbocycles. The van der Waals surface area contributed by atoms with Crippen LogP contribution in [-0.2, 0) is 9.47 Å². The van der Waals surface area contributed by atoms with Crippen molar-refractivity contribution in [2.24, 2.45) is 5.10 Å². The first-order valence-electron chi connectivity index (χ1n) is 9.66. The summed E-state index contributed by atoms with van der Waals surface area (Å²) in [6, 6.07) is 15.7. The quantitative estimate of drug-likeness (QED) is 0.404. The largest absolute Gasteiger partial charge is 0.493 e. The smallest absolute Gasteiger partial charge is 0.203 e. The van der Waals surface area contributed by atoms with Crippen molar-refractivity contribution in [2.75, 3.05) is 32.4 Å². The van der Waals surface area contributed by atoms with Gasteiger partial charge in [-0.25, -0.2) is 4.98 Å². The van der Waals surface area contributed by atoms with Crippen LogP contribution in [0.5, 0.6) is 11.5 Å². The van der Waals surface area contributed by atoms with Gasteiger partial charge < -0.3 is 18.9 Å². The van der Waals surface area contributed by atoms with Gasteiger partial charge in [-0.15, -0.1) is 11.3 Å². The number of anilines is 1. The van der Waals surface area contributed by atoms with Crippen LogP contribution in [-0.4, -0.2) is 44.4 Å². The Morgan fingerprint density at radius 2 is 2.00 bits per heavy atom. The second kappa shape index (κ2) is 10.2. The lowest BCUT2D eigenvalue weighted by atomic mass is 10.2. The van der Waals surface area contributed by atoms with Crippen molar-refractivity contribution >= 4 is 22.7 Å². The summed E-state index contributed by atoms with van der Waals surface area (Å²) in [4.78, 5) is 4.56. The van der Waals surface area contributed by atoms with Crippen LogP contribution in [0.15, 0.2) is 59.0 Å². The maximum Gasteiger partial charge on any atom is 0.203 e. The molecule has 30 heavy (non-hydrogen) atoms. The van der Waals surface area contributed by atoms with Gasteiger partial charge in [-0.2, -0.15) is 5.10 Å². The van der Waals surface area contributed by atoms with Gasteiger partial charge >= 0.3 is 0 Å². The number of aromatic nitrogens is 1. The molecule has 0 bridgehead atoms. The Morgan fingerprint density at radius 1 is 1.17 bits per heavy atom. The zero-order chi connectivity index (χ0) is 20.6. The molecule has 0 unspecified atom stereocenters. The molecule has 1 aromatic heterocycles. The van der Waals surface area contributed by atoms with Gasteiger partial charge in [0.05, 0.1) is 38.8 Å². The highest BCUT2D eigenvalue weighted by Gasteiger charge is 2.16. The monoisotopic (exact) mass is 425 g/mol. The molecule has 2 aromatic carbocycles. The standard InChI is InChI=1S/C22H23N3O4S/c1-26-19-8-7-16(13-20(19)27-10-9-21-28-11-12-29-21)14-23-25-22-24-18(15-30-22)17-5-3-2-4-6-17/h2-8,13-15,21H,9-12H2,1H3,(H,24,25). The fourth-order valence-corrected chi connectivity index (χ4v) is 3.62. The molecule has 0 saturated carbocycles. The minimum absolute atomic E-state index is 0.191. The summed E-state index contributed by atoms with van der Waals surface area (Å²) in [6.07, 6.45) is 2.19. The van der Waals surface area contributed by atoms with E-state index in [0.29, 0.717) is 37.7 Å². The molecule has 4 rings (SSSR count). The van der Waals surface area contributed by atoms with Gasteiger partial charge in [-0.3, -0.25) is 5.43 Å². The fourth-order valence-electron chi connectivity index (χ4n) is 2.95. The van der Waals surface area contributed by atoms with Crippen molar-refractivity contribution in [2.45, 2.75) is 12.7 Å². The van der Waals surface area contributed by atoms with Crippen molar-refractivity contribution in [3.8, 4) is 22.8 Å². The van der Waals surface area contributed by atoms with Gasteiger partial charge in [0.25, 0.3) is 0 Å². The molecule has 156 valence electrons. The molecule has 8 heteroatoms. The minimum atomic E-state index is -0.191. The summed E-state index contributed by atoms with van der Waals surface area (Å²) >= 11 is 1.51. The van der Waals surface area contributed by atoms with Gasteiger partial charge in [0, 0.05) is 17.4 Å². The first kappa shape index (κ1) is 20.3. The van der Waals surface area contributed by atoms with Crippen molar-refractivity contribution in [1.82, 2.24) is 4.98 Å². The molecular weight excluding hydrogens is 402 g/mol. The van der Waals surface area contributed by atoms with E-state index in [4.69, 9.17) is 18.9 Å². The molecule has 2 heterocycles. The van der Waals surface area contributed by atoms with Crippen LogP contribution >= 0.6 is 11.3 Å². The number of nitrogens with one attached hydrogen (secondary N) is 1. The fraction of sp³-hybridized carbons (Fsp3) is 0.273. The van der Waals surface area contributed by atoms with Crippen LogP contribution in [0.3, 0.4) is 0 Å². The van der Waals surface area contributed by atoms with Crippen LogP contribution in [0.25, 0.3) is 11.3 Å². The maximum atomic E-state index is 5.87. The van der Waals surface area contributed by atoms with E-state index in [9.17, 15) is 0 Å². The average molecular weight is 426 g/mol. The van der Waals surface area contributed by atoms with Crippen molar-refractivity contribution < 1.29 is 18.9 Å². The molecule has 1 aliphatic heterocycles. The van der Waals surface area contributed by atoms with E-state index in [1.54, 1.807) is 13.3 Å². The number of benzene rings is 2. The van der Waals surface area contributed by atoms with Crippen LogP contribution in [0.2, 0.25) is 0 Å². The summed E-state index contributed by atoms with van der Waals surface area (Å²) in [6.45, 7) is 1.75. The summed E-state index contributed by atoms with van der Waals surface area (Å²) in [5, 5.41) is 7.03. The second-order valence-electron chi connectivity index (χ2n) is 6.49. The van der Waals surface area contributed by atoms with Crippen molar-refractivity contribution in [3.63, 3.8) is 0 Å². The molecular formula is C22H23N3O4S. The molecule has 3 aromatic rings. The highest BCUT2D eigenvalue weighted by Crippen LogP contribution is 2.28. The molecule has 0 radical (unpaired) electrons. The molecule has 0 spiro atoms. The van der Waals surface area contributed by atoms with Crippen LogP contribution < -0.4 is 14.9 Å². The molecule has 1 fully saturated rings. The predicted octanol–water partition coefficient (Wildman–Crippen LogP) is 4.41. The van der Waals surface area contributed by atoms with Crippen LogP contribution in [0.4, 0.5) is 5.13 Å². The van der Waals surface area contributed by atoms with E-state index in [0.717, 1.165) is 22.0 Å². The average Bonchev–Trinajstić information content (AvgIpc) is 3.47. The molecule has 1 saturated heterocycles. The van der Waals surface area contributed by atoms with Gasteiger partial charge in [0.15, 0.2) is 17.8 Å². The zero-order valence-corrected chi connectivity index (χ0v) is 17.4. The van der Waals surface area contributed by atoms with E-state index in [1.807, 2.05) is 53.9 Å².